The number of rotatable bonds is 9. The van der Waals surface area contributed by atoms with E-state index in [1.165, 1.54) is 29.2 Å². The number of aliphatic hydroxyl groups is 1. The number of ether oxygens (including phenoxy) is 1. The van der Waals surface area contributed by atoms with Crippen molar-refractivity contribution in [2.24, 2.45) is 0 Å². The van der Waals surface area contributed by atoms with E-state index < -0.39 is 4.92 Å². The van der Waals surface area contributed by atoms with Crippen LogP contribution in [0.15, 0.2) is 30.4 Å². The van der Waals surface area contributed by atoms with Gasteiger partial charge in [0.2, 0.25) is 0 Å². The molecule has 0 atom stereocenters. The molecule has 0 spiro atoms. The van der Waals surface area contributed by atoms with E-state index in [2.05, 4.69) is 0 Å². The summed E-state index contributed by atoms with van der Waals surface area (Å²) in [5.41, 5.74) is 0.780. The van der Waals surface area contributed by atoms with Crippen molar-refractivity contribution in [3.63, 3.8) is 0 Å². The Balaban J connectivity index is 1.71. The molecule has 1 heterocycles. The van der Waals surface area contributed by atoms with Crippen LogP contribution in [0, 0.1) is 10.1 Å². The largest absolute Gasteiger partial charge is 0.391 e. The Hall–Kier alpha value is -2.58. The van der Waals surface area contributed by atoms with Crippen LogP contribution >= 0.6 is 0 Å². The fraction of sp³-hybridized carbons (Fsp3) is 0.375. The lowest BCUT2D eigenvalue weighted by Crippen LogP contribution is -2.30. The molecule has 24 heavy (non-hydrogen) atoms. The monoisotopic (exact) mass is 334 g/mol. The highest BCUT2D eigenvalue weighted by atomic mass is 16.6. The first-order valence-electron chi connectivity index (χ1n) is 7.51. The van der Waals surface area contributed by atoms with E-state index in [-0.39, 0.29) is 36.3 Å². The van der Waals surface area contributed by atoms with Crippen LogP contribution in [0.5, 0.6) is 0 Å². The van der Waals surface area contributed by atoms with Gasteiger partial charge in [-0.3, -0.25) is 24.6 Å². The lowest BCUT2D eigenvalue weighted by molar-refractivity contribution is -0.385. The van der Waals surface area contributed by atoms with Gasteiger partial charge < -0.3 is 9.84 Å². The van der Waals surface area contributed by atoms with Crippen molar-refractivity contribution in [3.8, 4) is 0 Å². The van der Waals surface area contributed by atoms with Crippen molar-refractivity contribution in [3.05, 3.63) is 51.6 Å². The zero-order valence-electron chi connectivity index (χ0n) is 13.0. The first-order chi connectivity index (χ1) is 11.5. The number of carbonyl (C=O) groups is 2. The molecule has 0 aliphatic carbocycles. The minimum Gasteiger partial charge on any atom is -0.391 e. The lowest BCUT2D eigenvalue weighted by Gasteiger charge is -2.13. The van der Waals surface area contributed by atoms with Gasteiger partial charge in [0.25, 0.3) is 17.5 Å². The third kappa shape index (κ3) is 4.46. The minimum atomic E-state index is -0.535. The molecule has 0 radical (unpaired) electrons. The number of nitro groups is 1. The van der Waals surface area contributed by atoms with Crippen LogP contribution in [-0.4, -0.2) is 39.9 Å². The third-order valence-electron chi connectivity index (χ3n) is 3.61. The number of unbranched alkanes of at least 4 members (excludes halogenated alkanes) is 1. The van der Waals surface area contributed by atoms with Crippen LogP contribution in [-0.2, 0) is 27.5 Å². The number of imide groups is 1. The molecule has 8 nitrogen and oxygen atoms in total. The van der Waals surface area contributed by atoms with Crippen LogP contribution in [0.4, 0.5) is 5.69 Å². The molecule has 1 N–H and O–H groups in total. The van der Waals surface area contributed by atoms with Gasteiger partial charge in [0, 0.05) is 31.4 Å². The summed E-state index contributed by atoms with van der Waals surface area (Å²) in [7, 11) is 0. The van der Waals surface area contributed by atoms with Crippen LogP contribution in [0.25, 0.3) is 0 Å². The summed E-state index contributed by atoms with van der Waals surface area (Å²) in [6, 6.07) is 4.57. The molecule has 0 aromatic heterocycles. The average Bonchev–Trinajstić information content (AvgIpc) is 2.89. The van der Waals surface area contributed by atoms with E-state index in [1.54, 1.807) is 6.07 Å². The molecule has 2 rings (SSSR count). The maximum Gasteiger partial charge on any atom is 0.275 e. The van der Waals surface area contributed by atoms with Crippen LogP contribution in [0.3, 0.4) is 0 Å². The van der Waals surface area contributed by atoms with Gasteiger partial charge in [-0.15, -0.1) is 0 Å². The number of amides is 2. The molecule has 1 aromatic rings. The smallest absolute Gasteiger partial charge is 0.275 e. The summed E-state index contributed by atoms with van der Waals surface area (Å²) in [5, 5.41) is 20.0. The molecule has 128 valence electrons. The summed E-state index contributed by atoms with van der Waals surface area (Å²) in [4.78, 5) is 34.2. The molecule has 0 unspecified atom stereocenters. The van der Waals surface area contributed by atoms with Crippen molar-refractivity contribution in [2.75, 3.05) is 13.2 Å². The van der Waals surface area contributed by atoms with E-state index in [0.29, 0.717) is 31.6 Å². The van der Waals surface area contributed by atoms with Gasteiger partial charge in [-0.2, -0.15) is 0 Å². The van der Waals surface area contributed by atoms with E-state index in [1.807, 2.05) is 0 Å². The van der Waals surface area contributed by atoms with Crippen LogP contribution in [0.1, 0.15) is 24.0 Å². The lowest BCUT2D eigenvalue weighted by atomic mass is 10.1. The standard InChI is InChI=1S/C16H18N2O6/c19-10-13-4-3-12(9-14(13)18(22)23)11-24-8-2-1-7-17-15(20)5-6-16(17)21/h3-6,9,19H,1-2,7-8,10-11H2. The van der Waals surface area contributed by atoms with Gasteiger partial charge in [0.15, 0.2) is 0 Å². The maximum atomic E-state index is 11.3. The second-order valence-corrected chi connectivity index (χ2v) is 5.30. The normalized spacial score (nSPS) is 13.8. The molecule has 0 saturated carbocycles. The Bertz CT molecular complexity index is 653. The number of aliphatic hydroxyl groups excluding tert-OH is 1. The number of hydrogen-bond donors (Lipinski definition) is 1. The second-order valence-electron chi connectivity index (χ2n) is 5.30. The molecule has 1 aliphatic heterocycles. The van der Waals surface area contributed by atoms with Crippen LogP contribution in [0.2, 0.25) is 0 Å². The van der Waals surface area contributed by atoms with Crippen molar-refractivity contribution in [2.45, 2.75) is 26.1 Å². The number of carbonyl (C=O) groups excluding carboxylic acids is 2. The van der Waals surface area contributed by atoms with E-state index in [4.69, 9.17) is 9.84 Å². The Labute approximate surface area is 138 Å². The SMILES string of the molecule is O=C1C=CC(=O)N1CCCCOCc1ccc(CO)c([N+](=O)[O-])c1. The van der Waals surface area contributed by atoms with Gasteiger partial charge in [-0.1, -0.05) is 6.07 Å². The van der Waals surface area contributed by atoms with E-state index >= 15 is 0 Å². The van der Waals surface area contributed by atoms with Gasteiger partial charge in [-0.05, 0) is 24.5 Å². The number of benzene rings is 1. The molecular formula is C16H18N2O6. The van der Waals surface area contributed by atoms with Crippen molar-refractivity contribution < 1.29 is 24.4 Å². The molecule has 2 amide bonds. The Kier molecular flexibility index (Phi) is 6.16. The highest BCUT2D eigenvalue weighted by molar-refractivity contribution is 6.12. The highest BCUT2D eigenvalue weighted by Gasteiger charge is 2.22. The Morgan fingerprint density at radius 1 is 1.17 bits per heavy atom. The molecule has 0 saturated heterocycles. The molecule has 0 bridgehead atoms. The maximum absolute atomic E-state index is 11.3. The summed E-state index contributed by atoms with van der Waals surface area (Å²) < 4.78 is 5.46. The van der Waals surface area contributed by atoms with Crippen molar-refractivity contribution in [1.29, 1.82) is 0 Å². The zero-order valence-corrected chi connectivity index (χ0v) is 13.0. The second kappa shape index (κ2) is 8.32. The quantitative estimate of drug-likeness (QED) is 0.315. The molecule has 1 aromatic carbocycles. The number of nitro benzene ring substituents is 1. The van der Waals surface area contributed by atoms with Gasteiger partial charge in [0.1, 0.15) is 0 Å². The topological polar surface area (TPSA) is 110 Å². The fourth-order valence-corrected chi connectivity index (χ4v) is 2.32. The minimum absolute atomic E-state index is 0.128. The average molecular weight is 334 g/mol. The number of nitrogens with zero attached hydrogens (tertiary/aromatic N) is 2. The summed E-state index contributed by atoms with van der Waals surface area (Å²) >= 11 is 0. The van der Waals surface area contributed by atoms with Crippen molar-refractivity contribution >= 4 is 17.5 Å². The molecule has 0 fully saturated rings. The van der Waals surface area contributed by atoms with Crippen molar-refractivity contribution in [1.82, 2.24) is 4.90 Å². The predicted octanol–water partition coefficient (Wildman–Crippen LogP) is 1.31. The molecule has 1 aliphatic rings. The molecular weight excluding hydrogens is 316 g/mol. The Morgan fingerprint density at radius 3 is 2.50 bits per heavy atom. The van der Waals surface area contributed by atoms with E-state index in [9.17, 15) is 19.7 Å². The fourth-order valence-electron chi connectivity index (χ4n) is 2.32. The van der Waals surface area contributed by atoms with Gasteiger partial charge >= 0.3 is 0 Å². The Morgan fingerprint density at radius 2 is 1.88 bits per heavy atom. The first kappa shape index (κ1) is 17.8. The van der Waals surface area contributed by atoms with Crippen LogP contribution < -0.4 is 0 Å². The first-order valence-corrected chi connectivity index (χ1v) is 7.51. The third-order valence-corrected chi connectivity index (χ3v) is 3.61. The predicted molar refractivity (Wildman–Crippen MR) is 83.8 cm³/mol. The van der Waals surface area contributed by atoms with Gasteiger partial charge in [-0.25, -0.2) is 0 Å². The zero-order chi connectivity index (χ0) is 17.5. The number of hydrogen-bond acceptors (Lipinski definition) is 6. The molecule has 8 heteroatoms. The summed E-state index contributed by atoms with van der Waals surface area (Å²) in [5.74, 6) is -0.589. The van der Waals surface area contributed by atoms with E-state index in [0.717, 1.165) is 0 Å². The highest BCUT2D eigenvalue weighted by Crippen LogP contribution is 2.20. The van der Waals surface area contributed by atoms with Gasteiger partial charge in [0.05, 0.1) is 23.7 Å². The summed E-state index contributed by atoms with van der Waals surface area (Å²) in [6.07, 6.45) is 3.79. The summed E-state index contributed by atoms with van der Waals surface area (Å²) in [6.45, 7) is 0.597.